The molecule has 0 aliphatic carbocycles. The second-order valence-electron chi connectivity index (χ2n) is 3.64. The van der Waals surface area contributed by atoms with Gasteiger partial charge in [-0.25, -0.2) is 0 Å². The summed E-state index contributed by atoms with van der Waals surface area (Å²) in [6.45, 7) is 5.63. The highest BCUT2D eigenvalue weighted by molar-refractivity contribution is 5.84. The molecule has 0 saturated heterocycles. The summed E-state index contributed by atoms with van der Waals surface area (Å²) in [6, 6.07) is 3.36. The normalized spacial score (nSPS) is 12.3. The number of anilines is 1. The molecule has 82 valence electrons. The molecule has 0 spiro atoms. The lowest BCUT2D eigenvalue weighted by atomic mass is 10.3. The van der Waals surface area contributed by atoms with Gasteiger partial charge in [-0.1, -0.05) is 0 Å². The van der Waals surface area contributed by atoms with Crippen LogP contribution in [0.3, 0.4) is 0 Å². The van der Waals surface area contributed by atoms with Gasteiger partial charge in [-0.15, -0.1) is 5.10 Å². The standard InChI is InChI=1S/C10H16N4O/c1-7(2)12-10(15)8(3)13-9-5-4-6-11-14-9/h4-8H,1-3H3,(H,12,15)(H,13,14). The molecule has 1 heterocycles. The SMILES string of the molecule is CC(C)NC(=O)C(C)Nc1cccnn1. The first-order valence-corrected chi connectivity index (χ1v) is 4.94. The van der Waals surface area contributed by atoms with Gasteiger partial charge in [0.25, 0.3) is 0 Å². The molecule has 15 heavy (non-hydrogen) atoms. The largest absolute Gasteiger partial charge is 0.357 e. The molecule has 1 aromatic rings. The molecule has 0 aromatic carbocycles. The van der Waals surface area contributed by atoms with Crippen molar-refractivity contribution in [1.82, 2.24) is 15.5 Å². The van der Waals surface area contributed by atoms with Gasteiger partial charge in [0.05, 0.1) is 0 Å². The van der Waals surface area contributed by atoms with Crippen molar-refractivity contribution in [2.75, 3.05) is 5.32 Å². The average molecular weight is 208 g/mol. The third-order valence-corrected chi connectivity index (χ3v) is 1.76. The lowest BCUT2D eigenvalue weighted by Gasteiger charge is -2.15. The quantitative estimate of drug-likeness (QED) is 0.768. The van der Waals surface area contributed by atoms with Crippen molar-refractivity contribution in [3.8, 4) is 0 Å². The zero-order valence-electron chi connectivity index (χ0n) is 9.19. The highest BCUT2D eigenvalue weighted by Gasteiger charge is 2.13. The van der Waals surface area contributed by atoms with Gasteiger partial charge in [-0.3, -0.25) is 4.79 Å². The number of rotatable bonds is 4. The Kier molecular flexibility index (Phi) is 4.03. The maximum absolute atomic E-state index is 11.5. The van der Waals surface area contributed by atoms with Crippen molar-refractivity contribution < 1.29 is 4.79 Å². The molecule has 1 atom stereocenters. The Bertz CT molecular complexity index is 312. The Hall–Kier alpha value is -1.65. The van der Waals surface area contributed by atoms with E-state index in [0.717, 1.165) is 0 Å². The van der Waals surface area contributed by atoms with Crippen LogP contribution in [-0.4, -0.2) is 28.2 Å². The summed E-state index contributed by atoms with van der Waals surface area (Å²) in [4.78, 5) is 11.5. The van der Waals surface area contributed by atoms with E-state index in [4.69, 9.17) is 0 Å². The van der Waals surface area contributed by atoms with Crippen LogP contribution in [0.4, 0.5) is 5.82 Å². The van der Waals surface area contributed by atoms with Crippen molar-refractivity contribution in [2.45, 2.75) is 32.9 Å². The fourth-order valence-electron chi connectivity index (χ4n) is 1.08. The molecule has 1 aromatic heterocycles. The Labute approximate surface area is 89.3 Å². The topological polar surface area (TPSA) is 66.9 Å². The molecule has 1 unspecified atom stereocenters. The summed E-state index contributed by atoms with van der Waals surface area (Å²) in [5, 5.41) is 13.3. The van der Waals surface area contributed by atoms with E-state index in [1.54, 1.807) is 25.3 Å². The number of amides is 1. The first-order valence-electron chi connectivity index (χ1n) is 4.94. The van der Waals surface area contributed by atoms with E-state index < -0.39 is 0 Å². The zero-order valence-corrected chi connectivity index (χ0v) is 9.19. The van der Waals surface area contributed by atoms with Gasteiger partial charge in [0.2, 0.25) is 5.91 Å². The van der Waals surface area contributed by atoms with Crippen molar-refractivity contribution in [1.29, 1.82) is 0 Å². The predicted octanol–water partition coefficient (Wildman–Crippen LogP) is 0.802. The maximum atomic E-state index is 11.5. The van der Waals surface area contributed by atoms with E-state index >= 15 is 0 Å². The van der Waals surface area contributed by atoms with Crippen LogP contribution in [0.15, 0.2) is 18.3 Å². The summed E-state index contributed by atoms with van der Waals surface area (Å²) in [5.41, 5.74) is 0. The fourth-order valence-corrected chi connectivity index (χ4v) is 1.08. The highest BCUT2D eigenvalue weighted by atomic mass is 16.2. The van der Waals surface area contributed by atoms with Crippen LogP contribution in [0.1, 0.15) is 20.8 Å². The number of carbonyl (C=O) groups is 1. The Morgan fingerprint density at radius 2 is 2.13 bits per heavy atom. The molecular formula is C10H16N4O. The molecule has 5 nitrogen and oxygen atoms in total. The van der Waals surface area contributed by atoms with Crippen molar-refractivity contribution >= 4 is 11.7 Å². The summed E-state index contributed by atoms with van der Waals surface area (Å²) in [5.74, 6) is 0.555. The first kappa shape index (κ1) is 11.4. The number of carbonyl (C=O) groups excluding carboxylic acids is 1. The minimum Gasteiger partial charge on any atom is -0.357 e. The second-order valence-corrected chi connectivity index (χ2v) is 3.64. The van der Waals surface area contributed by atoms with Crippen molar-refractivity contribution in [2.24, 2.45) is 0 Å². The van der Waals surface area contributed by atoms with Crippen LogP contribution in [0.5, 0.6) is 0 Å². The van der Waals surface area contributed by atoms with E-state index in [2.05, 4.69) is 20.8 Å². The van der Waals surface area contributed by atoms with Gasteiger partial charge >= 0.3 is 0 Å². The maximum Gasteiger partial charge on any atom is 0.242 e. The molecule has 5 heteroatoms. The first-order chi connectivity index (χ1) is 7.09. The van der Waals surface area contributed by atoms with E-state index in [0.29, 0.717) is 5.82 Å². The van der Waals surface area contributed by atoms with E-state index in [1.807, 2.05) is 13.8 Å². The second kappa shape index (κ2) is 5.29. The van der Waals surface area contributed by atoms with Crippen LogP contribution < -0.4 is 10.6 Å². The third-order valence-electron chi connectivity index (χ3n) is 1.76. The third kappa shape index (κ3) is 3.93. The van der Waals surface area contributed by atoms with E-state index in [-0.39, 0.29) is 18.0 Å². The van der Waals surface area contributed by atoms with Gasteiger partial charge in [-0.05, 0) is 32.9 Å². The summed E-state index contributed by atoms with van der Waals surface area (Å²) >= 11 is 0. The smallest absolute Gasteiger partial charge is 0.242 e. The van der Waals surface area contributed by atoms with Gasteiger partial charge in [0.1, 0.15) is 11.9 Å². The number of hydrogen-bond donors (Lipinski definition) is 2. The summed E-state index contributed by atoms with van der Waals surface area (Å²) in [6.07, 6.45) is 1.59. The van der Waals surface area contributed by atoms with E-state index in [9.17, 15) is 4.79 Å². The Morgan fingerprint density at radius 1 is 1.40 bits per heavy atom. The van der Waals surface area contributed by atoms with E-state index in [1.165, 1.54) is 0 Å². The van der Waals surface area contributed by atoms with Gasteiger partial charge in [0, 0.05) is 12.2 Å². The summed E-state index contributed by atoms with van der Waals surface area (Å²) in [7, 11) is 0. The lowest BCUT2D eigenvalue weighted by molar-refractivity contribution is -0.122. The molecule has 0 saturated carbocycles. The number of nitrogens with one attached hydrogen (secondary N) is 2. The van der Waals surface area contributed by atoms with Crippen LogP contribution in [0.25, 0.3) is 0 Å². The molecular weight excluding hydrogens is 192 g/mol. The van der Waals surface area contributed by atoms with Crippen molar-refractivity contribution in [3.63, 3.8) is 0 Å². The molecule has 1 amide bonds. The molecule has 0 aliphatic heterocycles. The fraction of sp³-hybridized carbons (Fsp3) is 0.500. The Morgan fingerprint density at radius 3 is 2.67 bits per heavy atom. The highest BCUT2D eigenvalue weighted by Crippen LogP contribution is 2.01. The number of aromatic nitrogens is 2. The molecule has 0 aliphatic rings. The summed E-state index contributed by atoms with van der Waals surface area (Å²) < 4.78 is 0. The van der Waals surface area contributed by atoms with Crippen molar-refractivity contribution in [3.05, 3.63) is 18.3 Å². The van der Waals surface area contributed by atoms with Crippen LogP contribution in [0.2, 0.25) is 0 Å². The van der Waals surface area contributed by atoms with Gasteiger partial charge in [-0.2, -0.15) is 5.10 Å². The zero-order chi connectivity index (χ0) is 11.3. The van der Waals surface area contributed by atoms with Gasteiger partial charge in [0.15, 0.2) is 0 Å². The molecule has 0 fully saturated rings. The predicted molar refractivity (Wildman–Crippen MR) is 58.4 cm³/mol. The minimum atomic E-state index is -0.316. The van der Waals surface area contributed by atoms with Crippen LogP contribution in [-0.2, 0) is 4.79 Å². The number of nitrogens with zero attached hydrogens (tertiary/aromatic N) is 2. The lowest BCUT2D eigenvalue weighted by Crippen LogP contribution is -2.41. The van der Waals surface area contributed by atoms with Crippen LogP contribution in [0, 0.1) is 0 Å². The minimum absolute atomic E-state index is 0.0457. The molecule has 1 rings (SSSR count). The number of hydrogen-bond acceptors (Lipinski definition) is 4. The monoisotopic (exact) mass is 208 g/mol. The van der Waals surface area contributed by atoms with Gasteiger partial charge < -0.3 is 10.6 Å². The Balaban J connectivity index is 2.49. The molecule has 0 bridgehead atoms. The molecule has 2 N–H and O–H groups in total. The van der Waals surface area contributed by atoms with Crippen LogP contribution >= 0.6 is 0 Å². The average Bonchev–Trinajstić information content (AvgIpc) is 2.18. The molecule has 0 radical (unpaired) electrons.